The monoisotopic (exact) mass is 349 g/mol. The number of nitrogens with one attached hydrogen (secondary N) is 1. The molecule has 1 N–H and O–H groups in total. The molecule has 0 spiro atoms. The van der Waals surface area contributed by atoms with Crippen LogP contribution in [0.2, 0.25) is 0 Å². The van der Waals surface area contributed by atoms with E-state index in [2.05, 4.69) is 50.5 Å². The summed E-state index contributed by atoms with van der Waals surface area (Å²) in [6.45, 7) is 3.60. The van der Waals surface area contributed by atoms with Gasteiger partial charge in [-0.05, 0) is 43.2 Å². The average Bonchev–Trinajstić information content (AvgIpc) is 2.70. The van der Waals surface area contributed by atoms with Crippen molar-refractivity contribution in [3.63, 3.8) is 0 Å². The van der Waals surface area contributed by atoms with Crippen LogP contribution >= 0.6 is 0 Å². The van der Waals surface area contributed by atoms with Crippen LogP contribution in [0.4, 0.5) is 17.5 Å². The summed E-state index contributed by atoms with van der Waals surface area (Å²) >= 11 is 0. The summed E-state index contributed by atoms with van der Waals surface area (Å²) < 4.78 is 5.26. The first-order valence-corrected chi connectivity index (χ1v) is 8.69. The molecule has 0 amide bonds. The van der Waals surface area contributed by atoms with Crippen molar-refractivity contribution in [2.45, 2.75) is 13.3 Å². The van der Waals surface area contributed by atoms with E-state index in [0.717, 1.165) is 36.8 Å². The molecule has 3 rings (SSSR count). The predicted octanol–water partition coefficient (Wildman–Crippen LogP) is 3.69. The number of ether oxygens (including phenoxy) is 1. The highest BCUT2D eigenvalue weighted by Gasteiger charge is 2.10. The van der Waals surface area contributed by atoms with Crippen LogP contribution in [-0.4, -0.2) is 35.4 Å². The lowest BCUT2D eigenvalue weighted by Crippen LogP contribution is -2.19. The fraction of sp³-hybridized carbons (Fsp3) is 0.250. The second kappa shape index (κ2) is 8.80. The van der Waals surface area contributed by atoms with Gasteiger partial charge in [-0.15, -0.1) is 5.10 Å². The van der Waals surface area contributed by atoms with Gasteiger partial charge in [-0.2, -0.15) is 10.1 Å². The van der Waals surface area contributed by atoms with E-state index >= 15 is 0 Å². The van der Waals surface area contributed by atoms with Crippen molar-refractivity contribution in [2.75, 3.05) is 30.4 Å². The Hall–Kier alpha value is -3.15. The molecular weight excluding hydrogens is 326 g/mol. The third kappa shape index (κ3) is 4.47. The smallest absolute Gasteiger partial charge is 0.244 e. The highest BCUT2D eigenvalue weighted by Crippen LogP contribution is 2.22. The van der Waals surface area contributed by atoms with Gasteiger partial charge in [-0.25, -0.2) is 0 Å². The van der Waals surface area contributed by atoms with E-state index in [4.69, 9.17) is 4.74 Å². The van der Waals surface area contributed by atoms with Gasteiger partial charge >= 0.3 is 0 Å². The summed E-state index contributed by atoms with van der Waals surface area (Å²) in [4.78, 5) is 6.70. The Bertz CT molecular complexity index is 825. The Morgan fingerprint density at radius 2 is 1.92 bits per heavy atom. The minimum Gasteiger partial charge on any atom is -0.497 e. The number of methoxy groups -OCH3 is 1. The van der Waals surface area contributed by atoms with Crippen LogP contribution in [0, 0.1) is 0 Å². The fourth-order valence-corrected chi connectivity index (χ4v) is 2.73. The molecule has 0 radical (unpaired) electrons. The number of nitrogens with zero attached hydrogens (tertiary/aromatic N) is 4. The molecule has 1 aromatic heterocycles. The molecule has 0 saturated carbocycles. The van der Waals surface area contributed by atoms with Crippen molar-refractivity contribution < 1.29 is 4.74 Å². The molecule has 6 nitrogen and oxygen atoms in total. The molecule has 2 aromatic carbocycles. The highest BCUT2D eigenvalue weighted by atomic mass is 16.5. The van der Waals surface area contributed by atoms with Crippen LogP contribution in [0.15, 0.2) is 60.8 Å². The molecule has 26 heavy (non-hydrogen) atoms. The van der Waals surface area contributed by atoms with Gasteiger partial charge in [0.1, 0.15) is 5.75 Å². The van der Waals surface area contributed by atoms with Gasteiger partial charge in [-0.3, -0.25) is 0 Å². The molecule has 6 heteroatoms. The lowest BCUT2D eigenvalue weighted by atomic mass is 10.1. The lowest BCUT2D eigenvalue weighted by molar-refractivity contribution is 0.414. The van der Waals surface area contributed by atoms with Crippen LogP contribution < -0.4 is 15.0 Å². The number of anilines is 3. The standard InChI is InChI=1S/C20H23N5O/c1-3-25(17-9-5-4-6-10-17)19-15-22-24-20(23-19)21-13-12-16-8-7-11-18(14-16)26-2/h4-11,14-15H,3,12-13H2,1-2H3,(H,21,23,24). The largest absolute Gasteiger partial charge is 0.497 e. The molecule has 0 bridgehead atoms. The Morgan fingerprint density at radius 1 is 1.08 bits per heavy atom. The predicted molar refractivity (Wildman–Crippen MR) is 104 cm³/mol. The maximum atomic E-state index is 5.26. The van der Waals surface area contributed by atoms with Crippen molar-refractivity contribution in [1.82, 2.24) is 15.2 Å². The molecule has 0 unspecified atom stereocenters. The summed E-state index contributed by atoms with van der Waals surface area (Å²) in [5.74, 6) is 2.17. The molecule has 0 atom stereocenters. The van der Waals surface area contributed by atoms with E-state index < -0.39 is 0 Å². The van der Waals surface area contributed by atoms with Gasteiger partial charge in [0.15, 0.2) is 5.82 Å². The van der Waals surface area contributed by atoms with Gasteiger partial charge < -0.3 is 15.0 Å². The molecule has 3 aromatic rings. The molecule has 0 aliphatic heterocycles. The van der Waals surface area contributed by atoms with E-state index in [0.29, 0.717) is 5.95 Å². The number of para-hydroxylation sites is 1. The van der Waals surface area contributed by atoms with Gasteiger partial charge in [0.25, 0.3) is 0 Å². The van der Waals surface area contributed by atoms with E-state index in [9.17, 15) is 0 Å². The van der Waals surface area contributed by atoms with E-state index in [1.54, 1.807) is 13.3 Å². The van der Waals surface area contributed by atoms with Crippen molar-refractivity contribution in [2.24, 2.45) is 0 Å². The summed E-state index contributed by atoms with van der Waals surface area (Å²) in [7, 11) is 1.68. The maximum absolute atomic E-state index is 5.26. The Kier molecular flexibility index (Phi) is 5.98. The van der Waals surface area contributed by atoms with Crippen LogP contribution in [-0.2, 0) is 6.42 Å². The van der Waals surface area contributed by atoms with Crippen molar-refractivity contribution in [3.05, 3.63) is 66.4 Å². The number of hydrogen-bond acceptors (Lipinski definition) is 6. The number of aromatic nitrogens is 3. The Morgan fingerprint density at radius 3 is 2.69 bits per heavy atom. The van der Waals surface area contributed by atoms with E-state index in [1.807, 2.05) is 36.4 Å². The molecule has 0 aliphatic rings. The summed E-state index contributed by atoms with van der Waals surface area (Å²) in [5.41, 5.74) is 2.28. The topological polar surface area (TPSA) is 63.2 Å². The van der Waals surface area contributed by atoms with Crippen LogP contribution in [0.5, 0.6) is 5.75 Å². The van der Waals surface area contributed by atoms with Gasteiger partial charge in [-0.1, -0.05) is 30.3 Å². The lowest BCUT2D eigenvalue weighted by Gasteiger charge is -2.21. The summed E-state index contributed by atoms with van der Waals surface area (Å²) in [6.07, 6.45) is 2.53. The van der Waals surface area contributed by atoms with E-state index in [-0.39, 0.29) is 0 Å². The van der Waals surface area contributed by atoms with Crippen molar-refractivity contribution in [3.8, 4) is 5.75 Å². The highest BCUT2D eigenvalue weighted by molar-refractivity contribution is 5.59. The van der Waals surface area contributed by atoms with Crippen molar-refractivity contribution >= 4 is 17.5 Å². The molecule has 1 heterocycles. The molecule has 0 fully saturated rings. The van der Waals surface area contributed by atoms with Crippen LogP contribution in [0.3, 0.4) is 0 Å². The van der Waals surface area contributed by atoms with Gasteiger partial charge in [0, 0.05) is 18.8 Å². The fourth-order valence-electron chi connectivity index (χ4n) is 2.73. The zero-order valence-corrected chi connectivity index (χ0v) is 15.1. The van der Waals surface area contributed by atoms with Crippen LogP contribution in [0.25, 0.3) is 0 Å². The zero-order chi connectivity index (χ0) is 18.2. The summed E-state index contributed by atoms with van der Waals surface area (Å²) in [5, 5.41) is 11.4. The first-order valence-electron chi connectivity index (χ1n) is 8.69. The minimum absolute atomic E-state index is 0.528. The average molecular weight is 349 g/mol. The van der Waals surface area contributed by atoms with Gasteiger partial charge in [0.05, 0.1) is 13.3 Å². The Labute approximate surface area is 153 Å². The number of benzene rings is 2. The van der Waals surface area contributed by atoms with Crippen molar-refractivity contribution in [1.29, 1.82) is 0 Å². The molecule has 134 valence electrons. The minimum atomic E-state index is 0.528. The summed E-state index contributed by atoms with van der Waals surface area (Å²) in [6, 6.07) is 18.2. The number of hydrogen-bond donors (Lipinski definition) is 1. The normalized spacial score (nSPS) is 10.4. The second-order valence-corrected chi connectivity index (χ2v) is 5.75. The third-order valence-corrected chi connectivity index (χ3v) is 4.04. The van der Waals surface area contributed by atoms with Gasteiger partial charge in [0.2, 0.25) is 5.95 Å². The molecular formula is C20H23N5O. The Balaban J connectivity index is 1.65. The maximum Gasteiger partial charge on any atom is 0.244 e. The first kappa shape index (κ1) is 17.7. The SMILES string of the molecule is CCN(c1ccccc1)c1cnnc(NCCc2cccc(OC)c2)n1. The molecule has 0 saturated heterocycles. The first-order chi connectivity index (χ1) is 12.8. The third-order valence-electron chi connectivity index (χ3n) is 4.04. The number of rotatable bonds is 8. The second-order valence-electron chi connectivity index (χ2n) is 5.75. The quantitative estimate of drug-likeness (QED) is 0.669. The van der Waals surface area contributed by atoms with E-state index in [1.165, 1.54) is 5.56 Å². The molecule has 0 aliphatic carbocycles. The zero-order valence-electron chi connectivity index (χ0n) is 15.1. The van der Waals surface area contributed by atoms with Crippen LogP contribution in [0.1, 0.15) is 12.5 Å².